The number of fused-ring (bicyclic) bond motifs is 1. The summed E-state index contributed by atoms with van der Waals surface area (Å²) < 4.78 is 21.3. The molecule has 0 radical (unpaired) electrons. The number of halogens is 1. The zero-order chi connectivity index (χ0) is 28.4. The molecular formula is C29H33FN4O6. The normalized spacial score (nSPS) is 23.6. The number of carbonyl (C=O) groups excluding carboxylic acids is 1. The molecule has 2 aliphatic rings. The topological polar surface area (TPSA) is 145 Å². The summed E-state index contributed by atoms with van der Waals surface area (Å²) in [5.74, 6) is -2.74. The van der Waals surface area contributed by atoms with Crippen LogP contribution >= 0.6 is 0 Å². The molecule has 1 aliphatic heterocycles. The molecule has 10 nitrogen and oxygen atoms in total. The first-order valence-electron chi connectivity index (χ1n) is 13.6. The number of alkyl carbamates (subject to hydrolysis) is 1. The molecule has 0 spiro atoms. The minimum atomic E-state index is -1.24. The summed E-state index contributed by atoms with van der Waals surface area (Å²) in [6.45, 7) is 1.97. The highest BCUT2D eigenvalue weighted by Gasteiger charge is 2.42. The van der Waals surface area contributed by atoms with E-state index in [-0.39, 0.29) is 36.7 Å². The first kappa shape index (κ1) is 27.4. The maximum atomic E-state index is 15.9. The van der Waals surface area contributed by atoms with Gasteiger partial charge in [0.2, 0.25) is 0 Å². The van der Waals surface area contributed by atoms with E-state index in [2.05, 4.69) is 22.2 Å². The summed E-state index contributed by atoms with van der Waals surface area (Å²) in [6.07, 6.45) is 1.88. The number of carboxylic acids is 1. The van der Waals surface area contributed by atoms with Crippen molar-refractivity contribution in [3.8, 4) is 0 Å². The van der Waals surface area contributed by atoms with Gasteiger partial charge in [0.25, 0.3) is 0 Å². The van der Waals surface area contributed by atoms with Gasteiger partial charge in [-0.25, -0.2) is 19.0 Å². The molecule has 1 saturated heterocycles. The lowest BCUT2D eigenvalue weighted by Crippen LogP contribution is -2.36. The van der Waals surface area contributed by atoms with Crippen molar-refractivity contribution in [2.45, 2.75) is 51.2 Å². The number of aromatic nitrogens is 2. The average Bonchev–Trinajstić information content (AvgIpc) is 3.58. The van der Waals surface area contributed by atoms with Gasteiger partial charge in [-0.1, -0.05) is 56.2 Å². The van der Waals surface area contributed by atoms with Gasteiger partial charge >= 0.3 is 18.2 Å². The molecule has 2 heterocycles. The summed E-state index contributed by atoms with van der Waals surface area (Å²) >= 11 is 0. The van der Waals surface area contributed by atoms with Crippen LogP contribution in [0.1, 0.15) is 61.5 Å². The molecule has 2 amide bonds. The monoisotopic (exact) mass is 552 g/mol. The molecule has 3 atom stereocenters. The highest BCUT2D eigenvalue weighted by molar-refractivity contribution is 5.79. The lowest BCUT2D eigenvalue weighted by molar-refractivity contribution is -0.141. The number of carboxylic acid groups (broad SMARTS) is 2. The fourth-order valence-corrected chi connectivity index (χ4v) is 5.96. The number of hydrogen-bond acceptors (Lipinski definition) is 5. The Morgan fingerprint density at radius 1 is 1.10 bits per heavy atom. The minimum Gasteiger partial charge on any atom is -0.481 e. The number of nitrogens with one attached hydrogen (secondary N) is 2. The number of hydrogen-bond donors (Lipinski definition) is 4. The number of likely N-dealkylation sites (tertiary alicyclic amines) is 1. The second-order valence-electron chi connectivity index (χ2n) is 10.9. The van der Waals surface area contributed by atoms with Gasteiger partial charge < -0.3 is 30.2 Å². The molecule has 40 heavy (non-hydrogen) atoms. The van der Waals surface area contributed by atoms with E-state index in [1.165, 1.54) is 6.07 Å². The Hall–Kier alpha value is -4.15. The number of benzene rings is 2. The van der Waals surface area contributed by atoms with Crippen LogP contribution in [0.15, 0.2) is 42.5 Å². The van der Waals surface area contributed by atoms with Gasteiger partial charge in [0.15, 0.2) is 5.82 Å². The Bertz CT molecular complexity index is 1390. The number of imidazole rings is 1. The molecule has 1 aliphatic carbocycles. The second-order valence-corrected chi connectivity index (χ2v) is 10.9. The van der Waals surface area contributed by atoms with E-state index < -0.39 is 41.9 Å². The van der Waals surface area contributed by atoms with E-state index in [0.29, 0.717) is 17.3 Å². The van der Waals surface area contributed by atoms with E-state index >= 15 is 4.39 Å². The number of amides is 2. The maximum absolute atomic E-state index is 15.9. The van der Waals surface area contributed by atoms with Gasteiger partial charge in [-0.3, -0.25) is 4.79 Å². The van der Waals surface area contributed by atoms with Crippen LogP contribution in [0.3, 0.4) is 0 Å². The van der Waals surface area contributed by atoms with Crippen molar-refractivity contribution < 1.29 is 33.7 Å². The van der Waals surface area contributed by atoms with Gasteiger partial charge in [-0.15, -0.1) is 0 Å². The minimum absolute atomic E-state index is 0.0269. The average molecular weight is 553 g/mol. The quantitative estimate of drug-likeness (QED) is 0.312. The molecule has 0 bridgehead atoms. The molecule has 3 aromatic rings. The lowest BCUT2D eigenvalue weighted by atomic mass is 9.79. The van der Waals surface area contributed by atoms with Crippen LogP contribution in [0.5, 0.6) is 0 Å². The highest BCUT2D eigenvalue weighted by Crippen LogP contribution is 2.39. The molecule has 2 unspecified atom stereocenters. The second kappa shape index (κ2) is 11.5. The number of nitrogens with zero attached hydrogens (tertiary/aromatic N) is 2. The van der Waals surface area contributed by atoms with E-state index in [0.717, 1.165) is 36.1 Å². The van der Waals surface area contributed by atoms with Gasteiger partial charge in [-0.05, 0) is 41.9 Å². The number of carbonyl (C=O) groups is 3. The van der Waals surface area contributed by atoms with Crippen molar-refractivity contribution in [1.29, 1.82) is 0 Å². The molecule has 4 N–H and O–H groups in total. The largest absolute Gasteiger partial charge is 0.481 e. The van der Waals surface area contributed by atoms with Crippen molar-refractivity contribution in [3.63, 3.8) is 0 Å². The predicted molar refractivity (Wildman–Crippen MR) is 143 cm³/mol. The lowest BCUT2D eigenvalue weighted by Gasteiger charge is -2.32. The van der Waals surface area contributed by atoms with Crippen molar-refractivity contribution in [1.82, 2.24) is 20.2 Å². The zero-order valence-electron chi connectivity index (χ0n) is 22.2. The van der Waals surface area contributed by atoms with E-state index in [4.69, 9.17) is 4.74 Å². The number of H-pyrrole nitrogens is 1. The van der Waals surface area contributed by atoms with Crippen LogP contribution in [0.2, 0.25) is 0 Å². The van der Waals surface area contributed by atoms with Crippen LogP contribution in [0.25, 0.3) is 11.0 Å². The van der Waals surface area contributed by atoms with Crippen molar-refractivity contribution >= 4 is 29.2 Å². The smallest absolute Gasteiger partial charge is 0.408 e. The zero-order valence-corrected chi connectivity index (χ0v) is 22.2. The summed E-state index contributed by atoms with van der Waals surface area (Å²) in [7, 11) is 0. The van der Waals surface area contributed by atoms with Gasteiger partial charge in [0.1, 0.15) is 17.9 Å². The van der Waals surface area contributed by atoms with Crippen molar-refractivity contribution in [2.24, 2.45) is 17.8 Å². The first-order valence-corrected chi connectivity index (χ1v) is 13.6. The Morgan fingerprint density at radius 3 is 2.50 bits per heavy atom. The maximum Gasteiger partial charge on any atom is 0.408 e. The Labute approximate surface area is 230 Å². The Kier molecular flexibility index (Phi) is 7.90. The standard InChI is InChI=1S/C29H33FN4O6/c1-16-7-9-18(10-8-16)24(33-28(37)40-15-17-5-3-2-4-6-17)26-31-22-12-11-19(23(30)25(22)32-26)20-13-34(29(38)39)14-21(20)27(35)36/h2-6,11-12,16,18,20-21,24H,7-10,13-15H2,1H3,(H,31,32)(H,33,37)(H,35,36)(H,38,39)/t16?,18?,20?,21?,24-/m0/s1. The summed E-state index contributed by atoms with van der Waals surface area (Å²) in [4.78, 5) is 44.9. The third-order valence-corrected chi connectivity index (χ3v) is 8.26. The Morgan fingerprint density at radius 2 is 1.82 bits per heavy atom. The van der Waals surface area contributed by atoms with Crippen LogP contribution < -0.4 is 5.32 Å². The fourth-order valence-electron chi connectivity index (χ4n) is 5.96. The summed E-state index contributed by atoms with van der Waals surface area (Å²) in [5.41, 5.74) is 1.40. The van der Waals surface area contributed by atoms with Gasteiger partial charge in [0.05, 0.1) is 17.5 Å². The van der Waals surface area contributed by atoms with Crippen molar-refractivity contribution in [2.75, 3.05) is 13.1 Å². The molecule has 1 saturated carbocycles. The third kappa shape index (κ3) is 5.73. The van der Waals surface area contributed by atoms with E-state index in [1.54, 1.807) is 6.07 Å². The van der Waals surface area contributed by atoms with Crippen LogP contribution in [-0.4, -0.2) is 56.3 Å². The molecule has 2 aromatic carbocycles. The number of aliphatic carboxylic acids is 1. The molecular weight excluding hydrogens is 519 g/mol. The first-order chi connectivity index (χ1) is 19.2. The predicted octanol–water partition coefficient (Wildman–Crippen LogP) is 5.27. The van der Waals surface area contributed by atoms with Crippen molar-refractivity contribution in [3.05, 3.63) is 65.2 Å². The number of rotatable bonds is 7. The molecule has 2 fully saturated rings. The molecule has 5 rings (SSSR count). The van der Waals surface area contributed by atoms with Crippen LogP contribution in [-0.2, 0) is 16.1 Å². The number of aromatic amines is 1. The SMILES string of the molecule is CC1CCC([C@H](NC(=O)OCc2ccccc2)c2nc3c(F)c(C4CN(C(=O)O)CC4C(=O)O)ccc3[nH]2)CC1. The number of ether oxygens (including phenoxy) is 1. The summed E-state index contributed by atoms with van der Waals surface area (Å²) in [6, 6.07) is 11.9. The van der Waals surface area contributed by atoms with E-state index in [9.17, 15) is 24.6 Å². The van der Waals surface area contributed by atoms with Crippen LogP contribution in [0, 0.1) is 23.6 Å². The van der Waals surface area contributed by atoms with Gasteiger partial charge in [-0.2, -0.15) is 0 Å². The van der Waals surface area contributed by atoms with Gasteiger partial charge in [0, 0.05) is 19.0 Å². The fraction of sp³-hybridized carbons (Fsp3) is 0.448. The van der Waals surface area contributed by atoms with Crippen LogP contribution in [0.4, 0.5) is 14.0 Å². The molecule has 1 aromatic heterocycles. The van der Waals surface area contributed by atoms with E-state index in [1.807, 2.05) is 30.3 Å². The molecule has 212 valence electrons. The Balaban J connectivity index is 1.42. The third-order valence-electron chi connectivity index (χ3n) is 8.26. The molecule has 11 heteroatoms. The highest BCUT2D eigenvalue weighted by atomic mass is 19.1. The summed E-state index contributed by atoms with van der Waals surface area (Å²) in [5, 5.41) is 22.0.